The zero-order chi connectivity index (χ0) is 15.0. The second-order valence-corrected chi connectivity index (χ2v) is 6.69. The average molecular weight is 367 g/mol. The predicted molar refractivity (Wildman–Crippen MR) is 84.9 cm³/mol. The molecular weight excluding hydrogens is 356 g/mol. The molecule has 0 spiro atoms. The van der Waals surface area contributed by atoms with Gasteiger partial charge in [0.25, 0.3) is 5.69 Å². The molecule has 0 fully saturated rings. The average Bonchev–Trinajstić information content (AvgIpc) is 3.06. The number of carbonyl (C=O) groups excluding carboxylic acids is 1. The van der Waals surface area contributed by atoms with Gasteiger partial charge < -0.3 is 4.90 Å². The third-order valence-corrected chi connectivity index (χ3v) is 4.75. The number of rotatable bonds is 3. The maximum Gasteiger partial charge on any atom is 0.294 e. The fourth-order valence-electron chi connectivity index (χ4n) is 2.53. The number of benzene rings is 1. The minimum absolute atomic E-state index is 0.0172. The van der Waals surface area contributed by atoms with Crippen molar-refractivity contribution in [2.75, 3.05) is 11.4 Å². The molecule has 0 saturated heterocycles. The highest BCUT2D eigenvalue weighted by Crippen LogP contribution is 2.39. The number of nitro benzene ring substituents is 1. The van der Waals surface area contributed by atoms with Gasteiger partial charge in [0, 0.05) is 22.0 Å². The van der Waals surface area contributed by atoms with E-state index in [1.165, 1.54) is 17.4 Å². The van der Waals surface area contributed by atoms with Crippen LogP contribution in [-0.2, 0) is 17.6 Å². The smallest absolute Gasteiger partial charge is 0.294 e. The van der Waals surface area contributed by atoms with Crippen LogP contribution in [-0.4, -0.2) is 17.4 Å². The quantitative estimate of drug-likeness (QED) is 0.616. The number of thiophene rings is 1. The summed E-state index contributed by atoms with van der Waals surface area (Å²) in [5.41, 5.74) is 1.27. The molecule has 0 bridgehead atoms. The fraction of sp³-hybridized carbons (Fsp3) is 0.214. The Morgan fingerprint density at radius 3 is 2.95 bits per heavy atom. The zero-order valence-corrected chi connectivity index (χ0v) is 13.3. The lowest BCUT2D eigenvalue weighted by molar-refractivity contribution is -0.384. The van der Waals surface area contributed by atoms with E-state index in [1.54, 1.807) is 4.90 Å². The summed E-state index contributed by atoms with van der Waals surface area (Å²) < 4.78 is 0.667. The zero-order valence-electron chi connectivity index (χ0n) is 10.9. The van der Waals surface area contributed by atoms with Crippen molar-refractivity contribution in [3.63, 3.8) is 0 Å². The topological polar surface area (TPSA) is 63.5 Å². The largest absolute Gasteiger partial charge is 0.306 e. The third-order valence-electron chi connectivity index (χ3n) is 3.41. The Hall–Kier alpha value is -1.73. The molecule has 0 unspecified atom stereocenters. The lowest BCUT2D eigenvalue weighted by atomic mass is 10.1. The van der Waals surface area contributed by atoms with Crippen molar-refractivity contribution in [2.24, 2.45) is 0 Å². The first-order valence-electron chi connectivity index (χ1n) is 6.36. The SMILES string of the molecule is O=C(Cc1cccs1)N1CCc2cc(Br)cc([N+](=O)[O-])c21. The maximum atomic E-state index is 12.4. The van der Waals surface area contributed by atoms with Crippen LogP contribution in [0.4, 0.5) is 11.4 Å². The summed E-state index contributed by atoms with van der Waals surface area (Å²) in [6.07, 6.45) is 0.927. The first kappa shape index (κ1) is 14.2. The Morgan fingerprint density at radius 2 is 2.29 bits per heavy atom. The van der Waals surface area contributed by atoms with Gasteiger partial charge in [0.15, 0.2) is 0 Å². The second kappa shape index (κ2) is 5.57. The summed E-state index contributed by atoms with van der Waals surface area (Å²) in [6.45, 7) is 0.497. The highest BCUT2D eigenvalue weighted by molar-refractivity contribution is 9.10. The molecule has 108 valence electrons. The third kappa shape index (κ3) is 2.71. The standard InChI is InChI=1S/C14H11BrN2O3S/c15-10-6-9-3-4-16(14(9)12(7-10)17(19)20)13(18)8-11-2-1-5-21-11/h1-2,5-7H,3-4,8H2. The summed E-state index contributed by atoms with van der Waals surface area (Å²) in [5, 5.41) is 13.2. The Balaban J connectivity index is 1.95. The number of amides is 1. The van der Waals surface area contributed by atoms with Crippen molar-refractivity contribution >= 4 is 44.5 Å². The molecule has 3 rings (SSSR count). The van der Waals surface area contributed by atoms with E-state index in [0.717, 1.165) is 10.4 Å². The molecule has 0 aliphatic carbocycles. The van der Waals surface area contributed by atoms with E-state index >= 15 is 0 Å². The van der Waals surface area contributed by atoms with E-state index < -0.39 is 4.92 Å². The van der Waals surface area contributed by atoms with Crippen LogP contribution < -0.4 is 4.90 Å². The number of anilines is 1. The van der Waals surface area contributed by atoms with Gasteiger partial charge in [0.1, 0.15) is 5.69 Å². The molecule has 1 amide bonds. The minimum atomic E-state index is -0.430. The summed E-state index contributed by atoms with van der Waals surface area (Å²) in [6, 6.07) is 7.09. The Bertz CT molecular complexity index is 715. The van der Waals surface area contributed by atoms with Crippen molar-refractivity contribution in [1.29, 1.82) is 0 Å². The maximum absolute atomic E-state index is 12.4. The van der Waals surface area contributed by atoms with Crippen LogP contribution in [0.25, 0.3) is 0 Å². The number of hydrogen-bond acceptors (Lipinski definition) is 4. The lowest BCUT2D eigenvalue weighted by Crippen LogP contribution is -2.30. The highest BCUT2D eigenvalue weighted by atomic mass is 79.9. The number of nitro groups is 1. The van der Waals surface area contributed by atoms with E-state index in [1.807, 2.05) is 23.6 Å². The van der Waals surface area contributed by atoms with Crippen molar-refractivity contribution in [3.8, 4) is 0 Å². The minimum Gasteiger partial charge on any atom is -0.306 e. The monoisotopic (exact) mass is 366 g/mol. The molecule has 5 nitrogen and oxygen atoms in total. The molecule has 0 saturated carbocycles. The Labute approximate surface area is 133 Å². The molecule has 1 aliphatic rings. The first-order chi connectivity index (χ1) is 10.1. The molecule has 0 radical (unpaired) electrons. The normalized spacial score (nSPS) is 13.3. The van der Waals surface area contributed by atoms with Crippen LogP contribution >= 0.6 is 27.3 Å². The van der Waals surface area contributed by atoms with Crippen LogP contribution in [0, 0.1) is 10.1 Å². The highest BCUT2D eigenvalue weighted by Gasteiger charge is 2.32. The van der Waals surface area contributed by atoms with Crippen molar-refractivity contribution in [3.05, 3.63) is 54.7 Å². The van der Waals surface area contributed by atoms with Crippen LogP contribution in [0.15, 0.2) is 34.1 Å². The van der Waals surface area contributed by atoms with Gasteiger partial charge in [-0.05, 0) is 29.5 Å². The van der Waals surface area contributed by atoms with E-state index in [4.69, 9.17) is 0 Å². The molecule has 7 heteroatoms. The molecule has 1 aromatic carbocycles. The fourth-order valence-corrected chi connectivity index (χ4v) is 3.72. The number of fused-ring (bicyclic) bond motifs is 1. The number of nitrogens with zero attached hydrogens (tertiary/aromatic N) is 2. The summed E-state index contributed by atoms with van der Waals surface area (Å²) in [4.78, 5) is 25.8. The van der Waals surface area contributed by atoms with Crippen molar-refractivity contribution < 1.29 is 9.72 Å². The van der Waals surface area contributed by atoms with E-state index in [9.17, 15) is 14.9 Å². The van der Waals surface area contributed by atoms with Gasteiger partial charge in [-0.2, -0.15) is 0 Å². The van der Waals surface area contributed by atoms with Crippen molar-refractivity contribution in [2.45, 2.75) is 12.8 Å². The summed E-state index contributed by atoms with van der Waals surface area (Å²) >= 11 is 4.80. The summed E-state index contributed by atoms with van der Waals surface area (Å²) in [7, 11) is 0. The summed E-state index contributed by atoms with van der Waals surface area (Å²) in [5.74, 6) is -0.0957. The predicted octanol–water partition coefficient (Wildman–Crippen LogP) is 3.55. The number of hydrogen-bond donors (Lipinski definition) is 0. The molecule has 0 N–H and O–H groups in total. The van der Waals surface area contributed by atoms with Gasteiger partial charge in [0.2, 0.25) is 5.91 Å². The van der Waals surface area contributed by atoms with E-state index in [-0.39, 0.29) is 18.0 Å². The van der Waals surface area contributed by atoms with Gasteiger partial charge in [-0.15, -0.1) is 11.3 Å². The van der Waals surface area contributed by atoms with Gasteiger partial charge >= 0.3 is 0 Å². The van der Waals surface area contributed by atoms with Gasteiger partial charge in [0.05, 0.1) is 11.3 Å². The Kier molecular flexibility index (Phi) is 3.77. The molecule has 21 heavy (non-hydrogen) atoms. The van der Waals surface area contributed by atoms with Crippen LogP contribution in [0.5, 0.6) is 0 Å². The van der Waals surface area contributed by atoms with E-state index in [2.05, 4.69) is 15.9 Å². The number of halogens is 1. The molecular formula is C14H11BrN2O3S. The van der Waals surface area contributed by atoms with Crippen LogP contribution in [0.1, 0.15) is 10.4 Å². The van der Waals surface area contributed by atoms with Gasteiger partial charge in [-0.1, -0.05) is 22.0 Å². The van der Waals surface area contributed by atoms with Gasteiger partial charge in [-0.3, -0.25) is 14.9 Å². The molecule has 0 atom stereocenters. The van der Waals surface area contributed by atoms with E-state index in [0.29, 0.717) is 23.1 Å². The second-order valence-electron chi connectivity index (χ2n) is 4.74. The molecule has 1 aliphatic heterocycles. The van der Waals surface area contributed by atoms with Crippen LogP contribution in [0.3, 0.4) is 0 Å². The van der Waals surface area contributed by atoms with Crippen LogP contribution in [0.2, 0.25) is 0 Å². The molecule has 2 heterocycles. The Morgan fingerprint density at radius 1 is 1.48 bits per heavy atom. The number of carbonyl (C=O) groups is 1. The molecule has 2 aromatic rings. The first-order valence-corrected chi connectivity index (χ1v) is 8.03. The van der Waals surface area contributed by atoms with Gasteiger partial charge in [-0.25, -0.2) is 0 Å². The molecule has 1 aromatic heterocycles. The van der Waals surface area contributed by atoms with Crippen molar-refractivity contribution in [1.82, 2.24) is 0 Å². The lowest BCUT2D eigenvalue weighted by Gasteiger charge is -2.17.